The zero-order valence-corrected chi connectivity index (χ0v) is 16.5. The molecule has 7 heteroatoms. The van der Waals surface area contributed by atoms with E-state index >= 15 is 0 Å². The number of hydrogen-bond acceptors (Lipinski definition) is 6. The number of carbonyl (C=O) groups is 3. The summed E-state index contributed by atoms with van der Waals surface area (Å²) in [4.78, 5) is 35.4. The Bertz CT molecular complexity index is 871. The van der Waals surface area contributed by atoms with E-state index in [0.29, 0.717) is 11.1 Å². The fraction of sp³-hybridized carbons (Fsp3) is 0.227. The highest BCUT2D eigenvalue weighted by Crippen LogP contribution is 2.12. The Morgan fingerprint density at radius 2 is 1.66 bits per heavy atom. The molecule has 0 saturated heterocycles. The van der Waals surface area contributed by atoms with Gasteiger partial charge in [-0.1, -0.05) is 24.3 Å². The van der Waals surface area contributed by atoms with Gasteiger partial charge in [-0.2, -0.15) is 0 Å². The van der Waals surface area contributed by atoms with Crippen LogP contribution in [0.25, 0.3) is 6.08 Å². The lowest BCUT2D eigenvalue weighted by molar-refractivity contribution is -0.148. The van der Waals surface area contributed by atoms with Gasteiger partial charge in [0.1, 0.15) is 18.4 Å². The summed E-state index contributed by atoms with van der Waals surface area (Å²) >= 11 is 0. The van der Waals surface area contributed by atoms with E-state index in [1.165, 1.54) is 13.2 Å². The van der Waals surface area contributed by atoms with Crippen LogP contribution in [0.3, 0.4) is 0 Å². The molecule has 1 amide bonds. The van der Waals surface area contributed by atoms with Crippen molar-refractivity contribution < 1.29 is 28.6 Å². The Labute approximate surface area is 169 Å². The second-order valence-electron chi connectivity index (χ2n) is 6.13. The molecule has 1 atom stereocenters. The monoisotopic (exact) mass is 397 g/mol. The fourth-order valence-electron chi connectivity index (χ4n) is 2.34. The number of amides is 1. The molecular weight excluding hydrogens is 374 g/mol. The minimum absolute atomic E-state index is 0.0299. The standard InChI is InChI=1S/C22H23NO6/c1-15(23-20(24)13-8-16-6-11-19(27-2)12-7-16)21(25)29-14-17-4-9-18(10-5-17)22(26)28-3/h4-13,15H,14H2,1-3H3,(H,23,24)/b13-8+/t15-/m0/s1. The first kappa shape index (κ1) is 21.7. The number of esters is 2. The number of ether oxygens (including phenoxy) is 3. The van der Waals surface area contributed by atoms with E-state index in [1.807, 2.05) is 12.1 Å². The highest BCUT2D eigenvalue weighted by atomic mass is 16.5. The number of nitrogens with one attached hydrogen (secondary N) is 1. The molecule has 0 fully saturated rings. The highest BCUT2D eigenvalue weighted by molar-refractivity contribution is 5.94. The van der Waals surface area contributed by atoms with Gasteiger partial charge in [-0.15, -0.1) is 0 Å². The van der Waals surface area contributed by atoms with Crippen LogP contribution >= 0.6 is 0 Å². The molecule has 2 aromatic carbocycles. The molecule has 0 spiro atoms. The predicted molar refractivity (Wildman–Crippen MR) is 107 cm³/mol. The van der Waals surface area contributed by atoms with Crippen molar-refractivity contribution in [2.75, 3.05) is 14.2 Å². The van der Waals surface area contributed by atoms with Crippen LogP contribution in [0.2, 0.25) is 0 Å². The van der Waals surface area contributed by atoms with Gasteiger partial charge in [-0.3, -0.25) is 4.79 Å². The summed E-state index contributed by atoms with van der Waals surface area (Å²) in [7, 11) is 2.88. The summed E-state index contributed by atoms with van der Waals surface area (Å²) < 4.78 is 14.9. The molecule has 0 unspecified atom stereocenters. The van der Waals surface area contributed by atoms with Crippen molar-refractivity contribution in [2.24, 2.45) is 0 Å². The van der Waals surface area contributed by atoms with Crippen molar-refractivity contribution in [2.45, 2.75) is 19.6 Å². The van der Waals surface area contributed by atoms with Gasteiger partial charge in [-0.05, 0) is 48.4 Å². The van der Waals surface area contributed by atoms with Crippen molar-refractivity contribution in [1.82, 2.24) is 5.32 Å². The lowest BCUT2D eigenvalue weighted by Gasteiger charge is -2.12. The molecule has 0 saturated carbocycles. The first-order chi connectivity index (χ1) is 13.9. The quantitative estimate of drug-likeness (QED) is 0.544. The molecule has 0 aromatic heterocycles. The van der Waals surface area contributed by atoms with Crippen LogP contribution in [0.15, 0.2) is 54.6 Å². The third-order valence-electron chi connectivity index (χ3n) is 4.01. The van der Waals surface area contributed by atoms with Crippen LogP contribution in [-0.2, 0) is 25.7 Å². The Morgan fingerprint density at radius 3 is 2.24 bits per heavy atom. The molecule has 0 radical (unpaired) electrons. The summed E-state index contributed by atoms with van der Waals surface area (Å²) in [6.45, 7) is 1.57. The van der Waals surface area contributed by atoms with Crippen LogP contribution in [-0.4, -0.2) is 38.1 Å². The molecule has 1 N–H and O–H groups in total. The smallest absolute Gasteiger partial charge is 0.337 e. The molecule has 0 aliphatic rings. The van der Waals surface area contributed by atoms with E-state index in [-0.39, 0.29) is 6.61 Å². The lowest BCUT2D eigenvalue weighted by atomic mass is 10.1. The zero-order valence-electron chi connectivity index (χ0n) is 16.5. The van der Waals surface area contributed by atoms with Gasteiger partial charge in [-0.25, -0.2) is 9.59 Å². The number of carbonyl (C=O) groups excluding carboxylic acids is 3. The Morgan fingerprint density at radius 1 is 1.00 bits per heavy atom. The SMILES string of the molecule is COC(=O)c1ccc(COC(=O)[C@H](C)NC(=O)/C=C/c2ccc(OC)cc2)cc1. The molecule has 2 aromatic rings. The topological polar surface area (TPSA) is 90.9 Å². The number of methoxy groups -OCH3 is 2. The van der Waals surface area contributed by atoms with E-state index in [1.54, 1.807) is 56.5 Å². The Kier molecular flexibility index (Phi) is 7.97. The van der Waals surface area contributed by atoms with E-state index in [4.69, 9.17) is 9.47 Å². The molecule has 0 heterocycles. The average Bonchev–Trinajstić information content (AvgIpc) is 2.76. The molecule has 7 nitrogen and oxygen atoms in total. The second-order valence-corrected chi connectivity index (χ2v) is 6.13. The largest absolute Gasteiger partial charge is 0.497 e. The van der Waals surface area contributed by atoms with Crippen molar-refractivity contribution in [3.05, 3.63) is 71.3 Å². The van der Waals surface area contributed by atoms with Crippen LogP contribution in [0, 0.1) is 0 Å². The van der Waals surface area contributed by atoms with Crippen molar-refractivity contribution in [3.8, 4) is 5.75 Å². The summed E-state index contributed by atoms with van der Waals surface area (Å²) in [5.41, 5.74) is 1.95. The van der Waals surface area contributed by atoms with Crippen LogP contribution in [0.4, 0.5) is 0 Å². The van der Waals surface area contributed by atoms with Crippen LogP contribution in [0.5, 0.6) is 5.75 Å². The minimum Gasteiger partial charge on any atom is -0.497 e. The normalized spacial score (nSPS) is 11.6. The lowest BCUT2D eigenvalue weighted by Crippen LogP contribution is -2.38. The second kappa shape index (κ2) is 10.7. The van der Waals surface area contributed by atoms with E-state index < -0.39 is 23.9 Å². The summed E-state index contributed by atoms with van der Waals surface area (Å²) in [5.74, 6) is -0.684. The molecule has 152 valence electrons. The molecule has 0 bridgehead atoms. The highest BCUT2D eigenvalue weighted by Gasteiger charge is 2.16. The third-order valence-corrected chi connectivity index (χ3v) is 4.01. The number of hydrogen-bond donors (Lipinski definition) is 1. The zero-order chi connectivity index (χ0) is 21.2. The Hall–Kier alpha value is -3.61. The maximum atomic E-state index is 12.1. The molecule has 0 aliphatic carbocycles. The average molecular weight is 397 g/mol. The van der Waals surface area contributed by atoms with Crippen LogP contribution in [0.1, 0.15) is 28.4 Å². The van der Waals surface area contributed by atoms with Gasteiger partial charge in [0, 0.05) is 6.08 Å². The molecular formula is C22H23NO6. The maximum Gasteiger partial charge on any atom is 0.337 e. The van der Waals surface area contributed by atoms with E-state index in [0.717, 1.165) is 11.3 Å². The van der Waals surface area contributed by atoms with Gasteiger partial charge in [0.25, 0.3) is 0 Å². The molecule has 2 rings (SSSR count). The van der Waals surface area contributed by atoms with Gasteiger partial charge < -0.3 is 19.5 Å². The van der Waals surface area contributed by atoms with Crippen molar-refractivity contribution in [1.29, 1.82) is 0 Å². The summed E-state index contributed by atoms with van der Waals surface area (Å²) in [6, 6.07) is 12.9. The first-order valence-electron chi connectivity index (χ1n) is 8.89. The van der Waals surface area contributed by atoms with E-state index in [9.17, 15) is 14.4 Å². The summed E-state index contributed by atoms with van der Waals surface area (Å²) in [5, 5.41) is 2.55. The molecule has 29 heavy (non-hydrogen) atoms. The first-order valence-corrected chi connectivity index (χ1v) is 8.89. The van der Waals surface area contributed by atoms with Crippen molar-refractivity contribution in [3.63, 3.8) is 0 Å². The Balaban J connectivity index is 1.80. The minimum atomic E-state index is -0.808. The maximum absolute atomic E-state index is 12.1. The summed E-state index contributed by atoms with van der Waals surface area (Å²) in [6.07, 6.45) is 2.98. The third kappa shape index (κ3) is 6.80. The number of rotatable bonds is 8. The van der Waals surface area contributed by atoms with Crippen molar-refractivity contribution >= 4 is 23.9 Å². The van der Waals surface area contributed by atoms with Gasteiger partial charge in [0.2, 0.25) is 5.91 Å². The number of benzene rings is 2. The fourth-order valence-corrected chi connectivity index (χ4v) is 2.34. The predicted octanol–water partition coefficient (Wildman–Crippen LogP) is 2.74. The molecule has 0 aliphatic heterocycles. The van der Waals surface area contributed by atoms with Gasteiger partial charge >= 0.3 is 11.9 Å². The van der Waals surface area contributed by atoms with Crippen LogP contribution < -0.4 is 10.1 Å². The van der Waals surface area contributed by atoms with Gasteiger partial charge in [0.05, 0.1) is 19.8 Å². The van der Waals surface area contributed by atoms with E-state index in [2.05, 4.69) is 10.1 Å². The van der Waals surface area contributed by atoms with Gasteiger partial charge in [0.15, 0.2) is 0 Å².